The molecule has 2 aliphatic rings. The Morgan fingerprint density at radius 2 is 2.26 bits per heavy atom. The molecular formula is C17H16N2O3S. The largest absolute Gasteiger partial charge is 0.482 e. The molecule has 0 unspecified atom stereocenters. The third-order valence-electron chi connectivity index (χ3n) is 4.30. The fourth-order valence-electron chi connectivity index (χ4n) is 3.19. The summed E-state index contributed by atoms with van der Waals surface area (Å²) in [6.45, 7) is 0.764. The molecule has 1 aromatic carbocycles. The van der Waals surface area contributed by atoms with Gasteiger partial charge in [0.15, 0.2) is 6.61 Å². The minimum Gasteiger partial charge on any atom is -0.482 e. The summed E-state index contributed by atoms with van der Waals surface area (Å²) >= 11 is 1.66. The highest BCUT2D eigenvalue weighted by atomic mass is 32.1. The van der Waals surface area contributed by atoms with E-state index in [0.717, 1.165) is 19.4 Å². The number of hydrogen-bond donors (Lipinski definition) is 1. The van der Waals surface area contributed by atoms with Crippen LogP contribution in [-0.2, 0) is 4.79 Å². The summed E-state index contributed by atoms with van der Waals surface area (Å²) in [4.78, 5) is 26.1. The number of hydrogen-bond acceptors (Lipinski definition) is 4. The van der Waals surface area contributed by atoms with Crippen LogP contribution in [0.25, 0.3) is 0 Å². The van der Waals surface area contributed by atoms with Crippen LogP contribution >= 0.6 is 11.3 Å². The van der Waals surface area contributed by atoms with Crippen molar-refractivity contribution in [2.24, 2.45) is 0 Å². The molecule has 2 aromatic rings. The van der Waals surface area contributed by atoms with E-state index in [9.17, 15) is 9.59 Å². The quantitative estimate of drug-likeness (QED) is 0.922. The lowest BCUT2D eigenvalue weighted by atomic mass is 10.1. The normalized spacial score (nSPS) is 19.9. The highest BCUT2D eigenvalue weighted by Gasteiger charge is 2.31. The van der Waals surface area contributed by atoms with Crippen LogP contribution in [0.2, 0.25) is 0 Å². The number of carbonyl (C=O) groups excluding carboxylic acids is 2. The summed E-state index contributed by atoms with van der Waals surface area (Å²) in [6.07, 6.45) is 2.02. The highest BCUT2D eigenvalue weighted by Crippen LogP contribution is 2.35. The molecule has 1 aromatic heterocycles. The van der Waals surface area contributed by atoms with Crippen molar-refractivity contribution >= 4 is 28.8 Å². The number of nitrogens with one attached hydrogen (secondary N) is 1. The predicted molar refractivity (Wildman–Crippen MR) is 87.9 cm³/mol. The zero-order valence-corrected chi connectivity index (χ0v) is 13.3. The fraction of sp³-hybridized carbons (Fsp3) is 0.294. The molecule has 0 aliphatic carbocycles. The molecule has 4 rings (SSSR count). The summed E-state index contributed by atoms with van der Waals surface area (Å²) < 4.78 is 5.41. The second-order valence-corrected chi connectivity index (χ2v) is 6.54. The molecule has 6 heteroatoms. The molecular weight excluding hydrogens is 312 g/mol. The van der Waals surface area contributed by atoms with Crippen LogP contribution in [0.4, 0.5) is 5.69 Å². The Morgan fingerprint density at radius 3 is 3.09 bits per heavy atom. The van der Waals surface area contributed by atoms with Gasteiger partial charge in [-0.05, 0) is 53.4 Å². The van der Waals surface area contributed by atoms with Gasteiger partial charge in [0.05, 0.1) is 11.7 Å². The van der Waals surface area contributed by atoms with Crippen molar-refractivity contribution in [3.8, 4) is 5.75 Å². The molecule has 2 aliphatic heterocycles. The summed E-state index contributed by atoms with van der Waals surface area (Å²) in [5.74, 6) is 0.400. The molecule has 1 saturated heterocycles. The zero-order chi connectivity index (χ0) is 15.8. The van der Waals surface area contributed by atoms with Gasteiger partial charge in [0, 0.05) is 12.1 Å². The van der Waals surface area contributed by atoms with Gasteiger partial charge in [-0.15, -0.1) is 0 Å². The van der Waals surface area contributed by atoms with E-state index in [0.29, 0.717) is 17.0 Å². The number of carbonyl (C=O) groups is 2. The van der Waals surface area contributed by atoms with Gasteiger partial charge in [0.2, 0.25) is 0 Å². The number of benzene rings is 1. The maximum Gasteiger partial charge on any atom is 0.262 e. The molecule has 1 atom stereocenters. The summed E-state index contributed by atoms with van der Waals surface area (Å²) in [5, 5.41) is 6.90. The van der Waals surface area contributed by atoms with Gasteiger partial charge in [-0.25, -0.2) is 0 Å². The summed E-state index contributed by atoms with van der Waals surface area (Å²) in [7, 11) is 0. The van der Waals surface area contributed by atoms with Crippen LogP contribution in [0.3, 0.4) is 0 Å². The minimum absolute atomic E-state index is 0.00805. The predicted octanol–water partition coefficient (Wildman–Crippen LogP) is 3.06. The monoisotopic (exact) mass is 328 g/mol. The minimum atomic E-state index is -0.173. The first-order chi connectivity index (χ1) is 11.2. The topological polar surface area (TPSA) is 58.6 Å². The Labute approximate surface area is 137 Å². The molecule has 1 N–H and O–H groups in total. The van der Waals surface area contributed by atoms with E-state index in [4.69, 9.17) is 4.74 Å². The average molecular weight is 328 g/mol. The molecule has 2 amide bonds. The summed E-state index contributed by atoms with van der Waals surface area (Å²) in [5.41, 5.74) is 2.43. The highest BCUT2D eigenvalue weighted by molar-refractivity contribution is 7.08. The lowest BCUT2D eigenvalue weighted by Gasteiger charge is -2.25. The van der Waals surface area contributed by atoms with Gasteiger partial charge in [0.1, 0.15) is 5.75 Å². The lowest BCUT2D eigenvalue weighted by Crippen LogP contribution is -2.31. The number of fused-ring (bicyclic) bond motifs is 1. The molecule has 23 heavy (non-hydrogen) atoms. The molecule has 0 bridgehead atoms. The van der Waals surface area contributed by atoms with Crippen LogP contribution in [0, 0.1) is 0 Å². The van der Waals surface area contributed by atoms with E-state index in [2.05, 4.69) is 16.8 Å². The molecule has 0 spiro atoms. The van der Waals surface area contributed by atoms with Gasteiger partial charge in [-0.3, -0.25) is 9.59 Å². The van der Waals surface area contributed by atoms with Crippen molar-refractivity contribution in [3.05, 3.63) is 46.2 Å². The number of amides is 2. The second-order valence-electron chi connectivity index (χ2n) is 5.76. The number of likely N-dealkylation sites (tertiary alicyclic amines) is 1. The number of thiophene rings is 1. The van der Waals surface area contributed by atoms with Crippen LogP contribution in [0.15, 0.2) is 35.0 Å². The molecule has 0 radical (unpaired) electrons. The van der Waals surface area contributed by atoms with Crippen molar-refractivity contribution in [1.82, 2.24) is 4.90 Å². The molecule has 118 valence electrons. The van der Waals surface area contributed by atoms with Gasteiger partial charge < -0.3 is 15.0 Å². The van der Waals surface area contributed by atoms with Gasteiger partial charge in [-0.2, -0.15) is 11.3 Å². The Bertz CT molecular complexity index is 757. The fourth-order valence-corrected chi connectivity index (χ4v) is 3.90. The Balaban J connectivity index is 1.60. The van der Waals surface area contributed by atoms with E-state index >= 15 is 0 Å². The number of ether oxygens (including phenoxy) is 1. The Kier molecular flexibility index (Phi) is 3.53. The van der Waals surface area contributed by atoms with Crippen LogP contribution < -0.4 is 10.1 Å². The Hall–Kier alpha value is -2.34. The smallest absolute Gasteiger partial charge is 0.262 e. The maximum atomic E-state index is 12.9. The lowest BCUT2D eigenvalue weighted by molar-refractivity contribution is -0.118. The number of anilines is 1. The average Bonchev–Trinajstić information content (AvgIpc) is 3.24. The molecule has 3 heterocycles. The first-order valence-corrected chi connectivity index (χ1v) is 8.56. The first-order valence-electron chi connectivity index (χ1n) is 7.62. The van der Waals surface area contributed by atoms with E-state index < -0.39 is 0 Å². The molecule has 1 fully saturated rings. The Morgan fingerprint density at radius 1 is 1.35 bits per heavy atom. The third kappa shape index (κ3) is 2.59. The van der Waals surface area contributed by atoms with Gasteiger partial charge in [0.25, 0.3) is 11.8 Å². The molecule has 5 nitrogen and oxygen atoms in total. The maximum absolute atomic E-state index is 12.9. The van der Waals surface area contributed by atoms with Crippen LogP contribution in [-0.4, -0.2) is 29.9 Å². The van der Waals surface area contributed by atoms with Crippen LogP contribution in [0.5, 0.6) is 5.75 Å². The van der Waals surface area contributed by atoms with Crippen LogP contribution in [0.1, 0.15) is 34.8 Å². The van der Waals surface area contributed by atoms with Crippen molar-refractivity contribution in [3.63, 3.8) is 0 Å². The van der Waals surface area contributed by atoms with Crippen molar-refractivity contribution in [2.75, 3.05) is 18.5 Å². The van der Waals surface area contributed by atoms with E-state index in [1.54, 1.807) is 29.5 Å². The standard InChI is InChI=1S/C17H16N2O3S/c20-16-9-22-15-8-11(3-4-13(15)18-16)17(21)19-6-1-2-14(19)12-5-7-23-10-12/h3-5,7-8,10,14H,1-2,6,9H2,(H,18,20)/t14-/m0/s1. The summed E-state index contributed by atoms with van der Waals surface area (Å²) in [6, 6.07) is 7.45. The van der Waals surface area contributed by atoms with Crippen molar-refractivity contribution in [2.45, 2.75) is 18.9 Å². The van der Waals surface area contributed by atoms with Gasteiger partial charge in [-0.1, -0.05) is 0 Å². The van der Waals surface area contributed by atoms with E-state index in [1.165, 1.54) is 5.56 Å². The molecule has 0 saturated carbocycles. The van der Waals surface area contributed by atoms with Gasteiger partial charge >= 0.3 is 0 Å². The van der Waals surface area contributed by atoms with E-state index in [1.807, 2.05) is 10.3 Å². The van der Waals surface area contributed by atoms with E-state index in [-0.39, 0.29) is 24.5 Å². The van der Waals surface area contributed by atoms with Crippen molar-refractivity contribution < 1.29 is 14.3 Å². The SMILES string of the molecule is O=C1COc2cc(C(=O)N3CCC[C@H]3c3ccsc3)ccc2N1. The zero-order valence-electron chi connectivity index (χ0n) is 12.5. The second kappa shape index (κ2) is 5.70. The number of rotatable bonds is 2. The third-order valence-corrected chi connectivity index (χ3v) is 5.00. The first kappa shape index (κ1) is 14.3. The number of nitrogens with zero attached hydrogens (tertiary/aromatic N) is 1. The van der Waals surface area contributed by atoms with Crippen molar-refractivity contribution in [1.29, 1.82) is 0 Å².